The van der Waals surface area contributed by atoms with E-state index in [1.165, 1.54) is 6.07 Å². The first kappa shape index (κ1) is 14.2. The van der Waals surface area contributed by atoms with Gasteiger partial charge < -0.3 is 5.32 Å². The van der Waals surface area contributed by atoms with Crippen LogP contribution in [-0.4, -0.2) is 35.5 Å². The molecule has 19 heavy (non-hydrogen) atoms. The number of nitro benzene ring substituents is 1. The van der Waals surface area contributed by atoms with Gasteiger partial charge in [-0.2, -0.15) is 0 Å². The van der Waals surface area contributed by atoms with E-state index in [-0.39, 0.29) is 10.6 Å². The van der Waals surface area contributed by atoms with Gasteiger partial charge in [0.05, 0.1) is 15.5 Å². The highest BCUT2D eigenvalue weighted by Crippen LogP contribution is 2.28. The molecule has 1 fully saturated rings. The van der Waals surface area contributed by atoms with Gasteiger partial charge in [0.1, 0.15) is 0 Å². The Hall–Kier alpha value is -1.17. The number of hydrogen-bond acceptors (Lipinski definition) is 4. The second-order valence-electron chi connectivity index (χ2n) is 4.70. The number of hydrogen-bond donors (Lipinski definition) is 1. The van der Waals surface area contributed by atoms with Gasteiger partial charge in [-0.15, -0.1) is 0 Å². The molecule has 1 saturated heterocycles. The Morgan fingerprint density at radius 1 is 1.58 bits per heavy atom. The topological polar surface area (TPSA) is 58.4 Å². The van der Waals surface area contributed by atoms with Crippen LogP contribution in [0.4, 0.5) is 5.69 Å². The van der Waals surface area contributed by atoms with Crippen molar-refractivity contribution in [1.82, 2.24) is 10.2 Å². The minimum Gasteiger partial charge on any atom is -0.315 e. The lowest BCUT2D eigenvalue weighted by atomic mass is 10.1. The van der Waals surface area contributed by atoms with Gasteiger partial charge >= 0.3 is 0 Å². The molecule has 104 valence electrons. The van der Waals surface area contributed by atoms with Gasteiger partial charge in [-0.3, -0.25) is 15.0 Å². The maximum atomic E-state index is 11.1. The molecule has 0 spiro atoms. The van der Waals surface area contributed by atoms with Crippen molar-refractivity contribution >= 4 is 17.3 Å². The summed E-state index contributed by atoms with van der Waals surface area (Å²) in [6, 6.07) is 5.28. The highest BCUT2D eigenvalue weighted by Gasteiger charge is 2.25. The minimum absolute atomic E-state index is 0.108. The molecule has 1 unspecified atom stereocenters. The van der Waals surface area contributed by atoms with Crippen LogP contribution in [0.1, 0.15) is 18.9 Å². The Balaban J connectivity index is 2.23. The number of nitrogens with zero attached hydrogens (tertiary/aromatic N) is 2. The zero-order chi connectivity index (χ0) is 13.8. The van der Waals surface area contributed by atoms with Crippen LogP contribution in [0.3, 0.4) is 0 Å². The molecule has 0 bridgehead atoms. The van der Waals surface area contributed by atoms with Gasteiger partial charge in [0.2, 0.25) is 0 Å². The number of rotatable bonds is 5. The number of likely N-dealkylation sites (N-methyl/N-ethyl adjacent to an activating group) is 1. The fourth-order valence-corrected chi connectivity index (χ4v) is 2.76. The van der Waals surface area contributed by atoms with Crippen molar-refractivity contribution in [2.24, 2.45) is 0 Å². The van der Waals surface area contributed by atoms with Gasteiger partial charge in [-0.1, -0.05) is 24.6 Å². The van der Waals surface area contributed by atoms with E-state index in [2.05, 4.69) is 17.1 Å². The Kier molecular flexibility index (Phi) is 4.74. The summed E-state index contributed by atoms with van der Waals surface area (Å²) < 4.78 is 0. The Labute approximate surface area is 117 Å². The molecule has 0 radical (unpaired) electrons. The summed E-state index contributed by atoms with van der Waals surface area (Å²) >= 11 is 6.13. The summed E-state index contributed by atoms with van der Waals surface area (Å²) in [5, 5.41) is 14.9. The average molecular weight is 284 g/mol. The van der Waals surface area contributed by atoms with Crippen molar-refractivity contribution in [2.45, 2.75) is 25.9 Å². The van der Waals surface area contributed by atoms with Gasteiger partial charge in [0.25, 0.3) is 5.69 Å². The fourth-order valence-electron chi connectivity index (χ4n) is 2.53. The van der Waals surface area contributed by atoms with Crippen LogP contribution in [0.25, 0.3) is 0 Å². The van der Waals surface area contributed by atoms with Gasteiger partial charge in [-0.05, 0) is 25.6 Å². The predicted octanol–water partition coefficient (Wildman–Crippen LogP) is 2.43. The molecular weight excluding hydrogens is 266 g/mol. The van der Waals surface area contributed by atoms with Crippen LogP contribution in [0, 0.1) is 10.1 Å². The van der Waals surface area contributed by atoms with E-state index >= 15 is 0 Å². The summed E-state index contributed by atoms with van der Waals surface area (Å²) in [5.74, 6) is 0. The monoisotopic (exact) mass is 283 g/mol. The molecule has 1 aromatic carbocycles. The average Bonchev–Trinajstić information content (AvgIpc) is 2.90. The molecule has 0 amide bonds. The lowest BCUT2D eigenvalue weighted by Gasteiger charge is -2.27. The summed E-state index contributed by atoms with van der Waals surface area (Å²) in [4.78, 5) is 13.0. The first-order valence-corrected chi connectivity index (χ1v) is 6.87. The molecule has 1 atom stereocenters. The highest BCUT2D eigenvalue weighted by molar-refractivity contribution is 6.31. The number of benzene rings is 1. The van der Waals surface area contributed by atoms with E-state index < -0.39 is 0 Å². The SMILES string of the molecule is CCN(Cc1c(Cl)cccc1[N+](=O)[O-])C1CCNC1. The quantitative estimate of drug-likeness (QED) is 0.666. The predicted molar refractivity (Wildman–Crippen MR) is 75.5 cm³/mol. The summed E-state index contributed by atoms with van der Waals surface area (Å²) in [5.41, 5.74) is 0.722. The van der Waals surface area contributed by atoms with Crippen LogP contribution in [0.5, 0.6) is 0 Å². The van der Waals surface area contributed by atoms with Gasteiger partial charge in [0.15, 0.2) is 0 Å². The third-order valence-corrected chi connectivity index (χ3v) is 3.96. The first-order valence-electron chi connectivity index (χ1n) is 6.50. The van der Waals surface area contributed by atoms with E-state index in [4.69, 9.17) is 11.6 Å². The number of halogens is 1. The maximum absolute atomic E-state index is 11.1. The van der Waals surface area contributed by atoms with E-state index in [0.29, 0.717) is 23.2 Å². The molecule has 5 nitrogen and oxygen atoms in total. The molecule has 0 saturated carbocycles. The lowest BCUT2D eigenvalue weighted by molar-refractivity contribution is -0.385. The zero-order valence-electron chi connectivity index (χ0n) is 10.9. The van der Waals surface area contributed by atoms with Crippen LogP contribution >= 0.6 is 11.6 Å². The minimum atomic E-state index is -0.359. The lowest BCUT2D eigenvalue weighted by Crippen LogP contribution is -2.36. The molecule has 1 aliphatic rings. The number of nitro groups is 1. The summed E-state index contributed by atoms with van der Waals surface area (Å²) in [6.07, 6.45) is 1.08. The molecule has 1 N–H and O–H groups in total. The Morgan fingerprint density at radius 3 is 2.95 bits per heavy atom. The van der Waals surface area contributed by atoms with Crippen molar-refractivity contribution in [2.75, 3.05) is 19.6 Å². The van der Waals surface area contributed by atoms with E-state index in [0.717, 1.165) is 26.1 Å². The van der Waals surface area contributed by atoms with Crippen LogP contribution in [0.15, 0.2) is 18.2 Å². The second kappa shape index (κ2) is 6.32. The van der Waals surface area contributed by atoms with E-state index in [1.54, 1.807) is 12.1 Å². The Morgan fingerprint density at radius 2 is 2.37 bits per heavy atom. The van der Waals surface area contributed by atoms with Gasteiger partial charge in [0, 0.05) is 25.2 Å². The fraction of sp³-hybridized carbons (Fsp3) is 0.538. The summed E-state index contributed by atoms with van der Waals surface area (Å²) in [6.45, 7) is 5.40. The number of nitrogens with one attached hydrogen (secondary N) is 1. The molecule has 1 aliphatic heterocycles. The summed E-state index contributed by atoms with van der Waals surface area (Å²) in [7, 11) is 0. The molecule has 0 aromatic heterocycles. The van der Waals surface area contributed by atoms with Crippen molar-refractivity contribution < 1.29 is 4.92 Å². The van der Waals surface area contributed by atoms with Crippen LogP contribution in [-0.2, 0) is 6.54 Å². The standard InChI is InChI=1S/C13H18ClN3O2/c1-2-16(10-6-7-15-8-10)9-11-12(14)4-3-5-13(11)17(18)19/h3-5,10,15H,2,6-9H2,1H3. The normalized spacial score (nSPS) is 19.0. The van der Waals surface area contributed by atoms with E-state index in [9.17, 15) is 10.1 Å². The van der Waals surface area contributed by atoms with Crippen LogP contribution < -0.4 is 5.32 Å². The van der Waals surface area contributed by atoms with Crippen molar-refractivity contribution in [3.05, 3.63) is 38.9 Å². The smallest absolute Gasteiger partial charge is 0.275 e. The van der Waals surface area contributed by atoms with Gasteiger partial charge in [-0.25, -0.2) is 0 Å². The van der Waals surface area contributed by atoms with Crippen LogP contribution in [0.2, 0.25) is 5.02 Å². The molecular formula is C13H18ClN3O2. The van der Waals surface area contributed by atoms with Crippen molar-refractivity contribution in [3.8, 4) is 0 Å². The second-order valence-corrected chi connectivity index (χ2v) is 5.11. The van der Waals surface area contributed by atoms with Crippen molar-refractivity contribution in [1.29, 1.82) is 0 Å². The van der Waals surface area contributed by atoms with E-state index in [1.807, 2.05) is 0 Å². The third kappa shape index (κ3) is 3.23. The maximum Gasteiger partial charge on any atom is 0.275 e. The molecule has 2 rings (SSSR count). The van der Waals surface area contributed by atoms with Crippen molar-refractivity contribution in [3.63, 3.8) is 0 Å². The Bertz CT molecular complexity index is 461. The first-order chi connectivity index (χ1) is 9.13. The molecule has 6 heteroatoms. The zero-order valence-corrected chi connectivity index (χ0v) is 11.7. The molecule has 1 heterocycles. The largest absolute Gasteiger partial charge is 0.315 e. The molecule has 0 aliphatic carbocycles. The highest BCUT2D eigenvalue weighted by atomic mass is 35.5. The molecule has 1 aromatic rings. The third-order valence-electron chi connectivity index (χ3n) is 3.61.